The van der Waals surface area contributed by atoms with Crippen LogP contribution in [0, 0.1) is 0 Å². The number of para-hydroxylation sites is 1. The molecule has 0 spiro atoms. The molecule has 0 bridgehead atoms. The second-order valence-electron chi connectivity index (χ2n) is 7.46. The van der Waals surface area contributed by atoms with Gasteiger partial charge in [0.2, 0.25) is 0 Å². The van der Waals surface area contributed by atoms with Crippen molar-refractivity contribution in [3.63, 3.8) is 0 Å². The van der Waals surface area contributed by atoms with E-state index in [1.54, 1.807) is 0 Å². The highest BCUT2D eigenvalue weighted by Crippen LogP contribution is 2.27. The van der Waals surface area contributed by atoms with Gasteiger partial charge in [-0.1, -0.05) is 29.8 Å². The first kappa shape index (κ1) is 18.8. The van der Waals surface area contributed by atoms with Crippen LogP contribution in [0.1, 0.15) is 6.42 Å². The highest BCUT2D eigenvalue weighted by atomic mass is 35.5. The predicted molar refractivity (Wildman–Crippen MR) is 122 cm³/mol. The van der Waals surface area contributed by atoms with Crippen LogP contribution in [0.5, 0.6) is 0 Å². The van der Waals surface area contributed by atoms with E-state index in [9.17, 15) is 4.79 Å². The fourth-order valence-electron chi connectivity index (χ4n) is 4.02. The molecule has 0 aliphatic carbocycles. The van der Waals surface area contributed by atoms with Crippen molar-refractivity contribution in [3.8, 4) is 0 Å². The summed E-state index contributed by atoms with van der Waals surface area (Å²) < 4.78 is 2.15. The van der Waals surface area contributed by atoms with Crippen LogP contribution in [0.4, 0.5) is 16.3 Å². The van der Waals surface area contributed by atoms with E-state index in [2.05, 4.69) is 20.7 Å². The number of urea groups is 1. The molecule has 2 aromatic heterocycles. The molecule has 7 heteroatoms. The number of hydrogen-bond donors (Lipinski definition) is 1. The van der Waals surface area contributed by atoms with E-state index in [0.29, 0.717) is 18.1 Å². The number of carbonyl (C=O) groups excluding carboxylic acids is 1. The molecule has 0 radical (unpaired) electrons. The van der Waals surface area contributed by atoms with E-state index in [4.69, 9.17) is 16.6 Å². The zero-order valence-corrected chi connectivity index (χ0v) is 17.2. The molecule has 30 heavy (non-hydrogen) atoms. The Kier molecular flexibility index (Phi) is 4.93. The number of halogens is 1. The molecule has 1 aliphatic rings. The predicted octanol–water partition coefficient (Wildman–Crippen LogP) is 4.89. The Labute approximate surface area is 179 Å². The van der Waals surface area contributed by atoms with Crippen LogP contribution in [0.3, 0.4) is 0 Å². The van der Waals surface area contributed by atoms with Crippen LogP contribution in [0.25, 0.3) is 16.6 Å². The van der Waals surface area contributed by atoms with Crippen molar-refractivity contribution >= 4 is 45.7 Å². The normalized spacial score (nSPS) is 14.8. The zero-order valence-electron chi connectivity index (χ0n) is 16.5. The fraction of sp³-hybridized carbons (Fsp3) is 0.217. The lowest BCUT2D eigenvalue weighted by Crippen LogP contribution is -2.38. The van der Waals surface area contributed by atoms with Crippen molar-refractivity contribution in [2.24, 2.45) is 0 Å². The van der Waals surface area contributed by atoms with E-state index < -0.39 is 0 Å². The van der Waals surface area contributed by atoms with Crippen LogP contribution >= 0.6 is 11.6 Å². The summed E-state index contributed by atoms with van der Waals surface area (Å²) in [5.41, 5.74) is 3.77. The van der Waals surface area contributed by atoms with E-state index in [-0.39, 0.29) is 6.03 Å². The van der Waals surface area contributed by atoms with Gasteiger partial charge in [-0.05, 0) is 48.9 Å². The lowest BCUT2D eigenvalue weighted by atomic mass is 10.2. The van der Waals surface area contributed by atoms with Crippen molar-refractivity contribution in [3.05, 3.63) is 71.9 Å². The smallest absolute Gasteiger partial charge is 0.321 e. The third kappa shape index (κ3) is 3.55. The van der Waals surface area contributed by atoms with Crippen molar-refractivity contribution in [2.75, 3.05) is 36.4 Å². The number of carbonyl (C=O) groups is 1. The van der Waals surface area contributed by atoms with Crippen molar-refractivity contribution in [1.82, 2.24) is 14.3 Å². The van der Waals surface area contributed by atoms with Crippen molar-refractivity contribution in [1.29, 1.82) is 0 Å². The molecule has 2 aromatic carbocycles. The summed E-state index contributed by atoms with van der Waals surface area (Å²) in [5.74, 6) is 0.931. The molecule has 2 amide bonds. The number of aromatic nitrogens is 2. The molecule has 4 aromatic rings. The van der Waals surface area contributed by atoms with Gasteiger partial charge in [0.1, 0.15) is 0 Å². The van der Waals surface area contributed by atoms with E-state index in [1.807, 2.05) is 65.7 Å². The van der Waals surface area contributed by atoms with Gasteiger partial charge in [0, 0.05) is 43.1 Å². The maximum Gasteiger partial charge on any atom is 0.321 e. The summed E-state index contributed by atoms with van der Waals surface area (Å²) in [6.07, 6.45) is 2.93. The number of amides is 2. The Balaban J connectivity index is 1.39. The summed E-state index contributed by atoms with van der Waals surface area (Å²) in [4.78, 5) is 21.8. The average molecular weight is 420 g/mol. The first-order valence-corrected chi connectivity index (χ1v) is 10.5. The van der Waals surface area contributed by atoms with Crippen molar-refractivity contribution in [2.45, 2.75) is 6.42 Å². The minimum absolute atomic E-state index is 0.0610. The SMILES string of the molecule is O=C(Nc1ccccc1)N1CCCN(c2nc3cc(Cl)ccc3n3cccc23)CC1. The Morgan fingerprint density at radius 1 is 0.933 bits per heavy atom. The minimum atomic E-state index is -0.0610. The summed E-state index contributed by atoms with van der Waals surface area (Å²) in [5, 5.41) is 3.66. The van der Waals surface area contributed by atoms with Gasteiger partial charge in [-0.25, -0.2) is 9.78 Å². The van der Waals surface area contributed by atoms with Gasteiger partial charge in [-0.2, -0.15) is 0 Å². The van der Waals surface area contributed by atoms with Crippen LogP contribution in [-0.2, 0) is 0 Å². The monoisotopic (exact) mass is 419 g/mol. The van der Waals surface area contributed by atoms with Crippen LogP contribution in [0.15, 0.2) is 66.9 Å². The molecule has 1 aliphatic heterocycles. The number of hydrogen-bond acceptors (Lipinski definition) is 3. The molecule has 152 valence electrons. The lowest BCUT2D eigenvalue weighted by Gasteiger charge is -2.24. The van der Waals surface area contributed by atoms with Gasteiger partial charge in [-0.15, -0.1) is 0 Å². The maximum absolute atomic E-state index is 12.7. The molecule has 0 unspecified atom stereocenters. The molecule has 1 saturated heterocycles. The van der Waals surface area contributed by atoms with Crippen LogP contribution < -0.4 is 10.2 Å². The van der Waals surface area contributed by atoms with Crippen molar-refractivity contribution < 1.29 is 4.79 Å². The minimum Gasteiger partial charge on any atom is -0.353 e. The van der Waals surface area contributed by atoms with Gasteiger partial charge in [0.15, 0.2) is 5.82 Å². The largest absolute Gasteiger partial charge is 0.353 e. The summed E-state index contributed by atoms with van der Waals surface area (Å²) in [6.45, 7) is 2.92. The van der Waals surface area contributed by atoms with Gasteiger partial charge >= 0.3 is 6.03 Å². The maximum atomic E-state index is 12.7. The number of rotatable bonds is 2. The molecule has 0 atom stereocenters. The summed E-state index contributed by atoms with van der Waals surface area (Å²) in [6, 6.07) is 19.4. The second kappa shape index (κ2) is 7.88. The molecule has 3 heterocycles. The Morgan fingerprint density at radius 2 is 1.80 bits per heavy atom. The van der Waals surface area contributed by atoms with E-state index in [0.717, 1.165) is 47.6 Å². The molecular formula is C23H22ClN5O. The topological polar surface area (TPSA) is 52.9 Å². The van der Waals surface area contributed by atoms with E-state index >= 15 is 0 Å². The molecular weight excluding hydrogens is 398 g/mol. The summed E-state index contributed by atoms with van der Waals surface area (Å²) >= 11 is 6.21. The number of fused-ring (bicyclic) bond motifs is 3. The van der Waals surface area contributed by atoms with Crippen LogP contribution in [0.2, 0.25) is 5.02 Å². The van der Waals surface area contributed by atoms with Gasteiger partial charge < -0.3 is 19.5 Å². The first-order valence-electron chi connectivity index (χ1n) is 10.1. The summed E-state index contributed by atoms with van der Waals surface area (Å²) in [7, 11) is 0. The highest BCUT2D eigenvalue weighted by Gasteiger charge is 2.22. The van der Waals surface area contributed by atoms with Crippen LogP contribution in [-0.4, -0.2) is 46.5 Å². The lowest BCUT2D eigenvalue weighted by molar-refractivity contribution is 0.215. The third-order valence-corrected chi connectivity index (χ3v) is 5.74. The van der Waals surface area contributed by atoms with Gasteiger partial charge in [0.25, 0.3) is 0 Å². The number of anilines is 2. The Bertz CT molecular complexity index is 1210. The number of nitrogens with one attached hydrogen (secondary N) is 1. The quantitative estimate of drug-likeness (QED) is 0.503. The highest BCUT2D eigenvalue weighted by molar-refractivity contribution is 6.31. The van der Waals surface area contributed by atoms with Gasteiger partial charge in [-0.3, -0.25) is 0 Å². The zero-order chi connectivity index (χ0) is 20.5. The molecule has 5 rings (SSSR count). The molecule has 6 nitrogen and oxygen atoms in total. The standard InChI is InChI=1S/C23H22ClN5O/c24-17-9-10-20-19(16-17)26-22(21-8-4-13-29(20)21)27-11-5-12-28(15-14-27)23(30)25-18-6-2-1-3-7-18/h1-4,6-10,13,16H,5,11-12,14-15H2,(H,25,30). The Hall–Kier alpha value is -3.25. The molecule has 1 N–H and O–H groups in total. The number of benzene rings is 2. The average Bonchev–Trinajstić information content (AvgIpc) is 3.11. The first-order chi connectivity index (χ1) is 14.7. The number of nitrogens with zero attached hydrogens (tertiary/aromatic N) is 4. The fourth-order valence-corrected chi connectivity index (χ4v) is 4.19. The Morgan fingerprint density at radius 3 is 2.67 bits per heavy atom. The van der Waals surface area contributed by atoms with Gasteiger partial charge in [0.05, 0.1) is 16.6 Å². The molecule has 0 saturated carbocycles. The molecule has 1 fully saturated rings. The second-order valence-corrected chi connectivity index (χ2v) is 7.89. The van der Waals surface area contributed by atoms with E-state index in [1.165, 1.54) is 0 Å². The third-order valence-electron chi connectivity index (χ3n) is 5.51.